The second kappa shape index (κ2) is 4.22. The van der Waals surface area contributed by atoms with Crippen LogP contribution in [0.1, 0.15) is 11.7 Å². The first-order valence-corrected chi connectivity index (χ1v) is 4.75. The molecule has 0 saturated carbocycles. The van der Waals surface area contributed by atoms with E-state index in [0.29, 0.717) is 19.6 Å². The van der Waals surface area contributed by atoms with Crippen LogP contribution in [0.4, 0.5) is 4.79 Å². The standard InChI is InChI=1S/C9H12N4O2/c14-9(15)13-4-3-10-5-8(13)7-1-2-11-6-12-7/h1-2,6,8,10H,3-5H2,(H,14,15). The average molecular weight is 208 g/mol. The van der Waals surface area contributed by atoms with Crippen LogP contribution in [0.2, 0.25) is 0 Å². The van der Waals surface area contributed by atoms with Crippen molar-refractivity contribution in [3.63, 3.8) is 0 Å². The number of piperazine rings is 1. The first kappa shape index (κ1) is 9.85. The molecule has 1 aromatic rings. The van der Waals surface area contributed by atoms with Crippen molar-refractivity contribution in [1.82, 2.24) is 20.2 Å². The molecule has 1 saturated heterocycles. The van der Waals surface area contributed by atoms with Crippen LogP contribution in [0.3, 0.4) is 0 Å². The Morgan fingerprint density at radius 3 is 3.20 bits per heavy atom. The molecular weight excluding hydrogens is 196 g/mol. The summed E-state index contributed by atoms with van der Waals surface area (Å²) in [5.41, 5.74) is 0.736. The Hall–Kier alpha value is -1.69. The van der Waals surface area contributed by atoms with Crippen LogP contribution in [0.5, 0.6) is 0 Å². The van der Waals surface area contributed by atoms with Gasteiger partial charge in [0.05, 0.1) is 11.7 Å². The average Bonchev–Trinajstić information content (AvgIpc) is 2.30. The Balaban J connectivity index is 2.22. The summed E-state index contributed by atoms with van der Waals surface area (Å²) in [6.07, 6.45) is 2.15. The second-order valence-corrected chi connectivity index (χ2v) is 3.33. The largest absolute Gasteiger partial charge is 0.465 e. The fourth-order valence-corrected chi connectivity index (χ4v) is 1.70. The highest BCUT2D eigenvalue weighted by molar-refractivity contribution is 5.65. The molecule has 0 aromatic carbocycles. The van der Waals surface area contributed by atoms with E-state index in [4.69, 9.17) is 5.11 Å². The van der Waals surface area contributed by atoms with Gasteiger partial charge in [0.1, 0.15) is 6.33 Å². The minimum Gasteiger partial charge on any atom is -0.465 e. The van der Waals surface area contributed by atoms with Gasteiger partial charge in [0.25, 0.3) is 0 Å². The van der Waals surface area contributed by atoms with E-state index in [1.807, 2.05) is 0 Å². The summed E-state index contributed by atoms with van der Waals surface area (Å²) in [5.74, 6) is 0. The zero-order valence-corrected chi connectivity index (χ0v) is 8.13. The molecule has 80 valence electrons. The number of amides is 1. The van der Waals surface area contributed by atoms with Crippen molar-refractivity contribution in [3.8, 4) is 0 Å². The molecule has 0 radical (unpaired) electrons. The molecule has 1 amide bonds. The minimum atomic E-state index is -0.903. The number of rotatable bonds is 1. The lowest BCUT2D eigenvalue weighted by atomic mass is 10.1. The third-order valence-electron chi connectivity index (χ3n) is 2.44. The van der Waals surface area contributed by atoms with Crippen LogP contribution in [-0.4, -0.2) is 45.7 Å². The third kappa shape index (κ3) is 2.04. The Labute approximate surface area is 87.0 Å². The minimum absolute atomic E-state index is 0.209. The molecule has 15 heavy (non-hydrogen) atoms. The summed E-state index contributed by atoms with van der Waals surface area (Å²) in [4.78, 5) is 20.3. The number of nitrogens with zero attached hydrogens (tertiary/aromatic N) is 3. The summed E-state index contributed by atoms with van der Waals surface area (Å²) in [6, 6.07) is 1.53. The maximum absolute atomic E-state index is 11.0. The number of hydrogen-bond acceptors (Lipinski definition) is 4. The van der Waals surface area contributed by atoms with Crippen LogP contribution in [0.15, 0.2) is 18.6 Å². The van der Waals surface area contributed by atoms with Gasteiger partial charge in [-0.2, -0.15) is 0 Å². The monoisotopic (exact) mass is 208 g/mol. The summed E-state index contributed by atoms with van der Waals surface area (Å²) < 4.78 is 0. The molecule has 1 atom stereocenters. The number of nitrogens with one attached hydrogen (secondary N) is 1. The molecule has 1 fully saturated rings. The molecule has 1 aliphatic heterocycles. The lowest BCUT2D eigenvalue weighted by Gasteiger charge is -2.33. The normalized spacial score (nSPS) is 21.3. The van der Waals surface area contributed by atoms with Gasteiger partial charge in [-0.15, -0.1) is 0 Å². The lowest BCUT2D eigenvalue weighted by Crippen LogP contribution is -2.48. The number of carbonyl (C=O) groups is 1. The second-order valence-electron chi connectivity index (χ2n) is 3.33. The predicted molar refractivity (Wildman–Crippen MR) is 52.4 cm³/mol. The van der Waals surface area contributed by atoms with Gasteiger partial charge in [0, 0.05) is 25.8 Å². The summed E-state index contributed by atoms with van der Waals surface area (Å²) in [5, 5.41) is 12.2. The highest BCUT2D eigenvalue weighted by atomic mass is 16.4. The van der Waals surface area contributed by atoms with E-state index >= 15 is 0 Å². The molecule has 0 bridgehead atoms. The molecule has 2 rings (SSSR count). The van der Waals surface area contributed by atoms with Gasteiger partial charge in [-0.05, 0) is 6.07 Å². The Morgan fingerprint density at radius 2 is 2.53 bits per heavy atom. The molecule has 2 heterocycles. The van der Waals surface area contributed by atoms with Crippen molar-refractivity contribution >= 4 is 6.09 Å². The van der Waals surface area contributed by atoms with Crippen LogP contribution >= 0.6 is 0 Å². The van der Waals surface area contributed by atoms with Crippen molar-refractivity contribution in [3.05, 3.63) is 24.3 Å². The van der Waals surface area contributed by atoms with Gasteiger partial charge in [0.2, 0.25) is 0 Å². The maximum atomic E-state index is 11.0. The molecule has 1 aromatic heterocycles. The fraction of sp³-hybridized carbons (Fsp3) is 0.444. The summed E-state index contributed by atoms with van der Waals surface area (Å²) in [6.45, 7) is 1.78. The van der Waals surface area contributed by atoms with Gasteiger partial charge in [-0.1, -0.05) is 0 Å². The molecule has 6 nitrogen and oxygen atoms in total. The Morgan fingerprint density at radius 1 is 1.67 bits per heavy atom. The number of carboxylic acid groups (broad SMARTS) is 1. The number of aromatic nitrogens is 2. The third-order valence-corrected chi connectivity index (χ3v) is 2.44. The number of hydrogen-bond donors (Lipinski definition) is 2. The van der Waals surface area contributed by atoms with Crippen LogP contribution in [0.25, 0.3) is 0 Å². The van der Waals surface area contributed by atoms with Gasteiger partial charge in [-0.25, -0.2) is 14.8 Å². The first-order chi connectivity index (χ1) is 7.29. The van der Waals surface area contributed by atoms with Crippen LogP contribution < -0.4 is 5.32 Å². The smallest absolute Gasteiger partial charge is 0.407 e. The van der Waals surface area contributed by atoms with Crippen LogP contribution in [0, 0.1) is 0 Å². The zero-order valence-electron chi connectivity index (χ0n) is 8.13. The van der Waals surface area contributed by atoms with Crippen molar-refractivity contribution < 1.29 is 9.90 Å². The van der Waals surface area contributed by atoms with E-state index in [1.165, 1.54) is 11.2 Å². The molecule has 2 N–H and O–H groups in total. The summed E-state index contributed by atoms with van der Waals surface area (Å²) in [7, 11) is 0. The molecular formula is C9H12N4O2. The van der Waals surface area contributed by atoms with Crippen molar-refractivity contribution in [2.45, 2.75) is 6.04 Å². The molecule has 1 unspecified atom stereocenters. The van der Waals surface area contributed by atoms with Gasteiger partial charge >= 0.3 is 6.09 Å². The van der Waals surface area contributed by atoms with Gasteiger partial charge in [0.15, 0.2) is 0 Å². The summed E-state index contributed by atoms with van der Waals surface area (Å²) >= 11 is 0. The fourth-order valence-electron chi connectivity index (χ4n) is 1.70. The highest BCUT2D eigenvalue weighted by Crippen LogP contribution is 2.19. The molecule has 0 spiro atoms. The van der Waals surface area contributed by atoms with E-state index in [2.05, 4.69) is 15.3 Å². The quantitative estimate of drug-likeness (QED) is 0.684. The van der Waals surface area contributed by atoms with Gasteiger partial charge in [-0.3, -0.25) is 4.90 Å². The predicted octanol–water partition coefficient (Wildman–Crippen LogP) is 0.101. The van der Waals surface area contributed by atoms with E-state index < -0.39 is 6.09 Å². The van der Waals surface area contributed by atoms with E-state index in [-0.39, 0.29) is 6.04 Å². The van der Waals surface area contributed by atoms with Crippen molar-refractivity contribution in [2.24, 2.45) is 0 Å². The van der Waals surface area contributed by atoms with E-state index in [1.54, 1.807) is 12.3 Å². The zero-order chi connectivity index (χ0) is 10.7. The maximum Gasteiger partial charge on any atom is 0.407 e. The van der Waals surface area contributed by atoms with Crippen molar-refractivity contribution in [1.29, 1.82) is 0 Å². The molecule has 0 aliphatic carbocycles. The first-order valence-electron chi connectivity index (χ1n) is 4.75. The van der Waals surface area contributed by atoms with E-state index in [9.17, 15) is 4.79 Å². The lowest BCUT2D eigenvalue weighted by molar-refractivity contribution is 0.111. The Bertz CT molecular complexity index is 343. The Kier molecular flexibility index (Phi) is 2.77. The van der Waals surface area contributed by atoms with Crippen molar-refractivity contribution in [2.75, 3.05) is 19.6 Å². The van der Waals surface area contributed by atoms with Gasteiger partial charge < -0.3 is 10.4 Å². The van der Waals surface area contributed by atoms with Crippen LogP contribution in [-0.2, 0) is 0 Å². The van der Waals surface area contributed by atoms with E-state index in [0.717, 1.165) is 5.69 Å². The molecule has 6 heteroatoms. The molecule has 1 aliphatic rings. The topological polar surface area (TPSA) is 78.4 Å². The SMILES string of the molecule is O=C(O)N1CCNCC1c1ccncn1. The highest BCUT2D eigenvalue weighted by Gasteiger charge is 2.28.